The topological polar surface area (TPSA) is 21.3 Å². The van der Waals surface area contributed by atoms with Crippen LogP contribution in [0.5, 0.6) is 0 Å². The van der Waals surface area contributed by atoms with Crippen LogP contribution in [-0.4, -0.2) is 35.8 Å². The van der Waals surface area contributed by atoms with Crippen molar-refractivity contribution in [1.29, 1.82) is 0 Å². The summed E-state index contributed by atoms with van der Waals surface area (Å²) in [5.74, 6) is 1.38. The van der Waals surface area contributed by atoms with Gasteiger partial charge < -0.3 is 10.1 Å². The molecule has 0 aromatic rings. The van der Waals surface area contributed by atoms with Crippen LogP contribution in [-0.2, 0) is 4.74 Å². The van der Waals surface area contributed by atoms with Gasteiger partial charge in [-0.1, -0.05) is 19.3 Å². The van der Waals surface area contributed by atoms with Gasteiger partial charge in [-0.25, -0.2) is 0 Å². The lowest BCUT2D eigenvalue weighted by Crippen LogP contribution is -2.47. The monoisotopic (exact) mass is 269 g/mol. The number of thioether (sulfide) groups is 1. The lowest BCUT2D eigenvalue weighted by molar-refractivity contribution is -0.0835. The molecule has 0 bridgehead atoms. The van der Waals surface area contributed by atoms with E-state index in [9.17, 15) is 0 Å². The van der Waals surface area contributed by atoms with Gasteiger partial charge in [-0.3, -0.25) is 0 Å². The van der Waals surface area contributed by atoms with Crippen LogP contribution in [0, 0.1) is 0 Å². The lowest BCUT2D eigenvalue weighted by atomic mass is 9.89. The van der Waals surface area contributed by atoms with Gasteiger partial charge in [0.15, 0.2) is 0 Å². The Hall–Kier alpha value is 0.270. The van der Waals surface area contributed by atoms with Crippen LogP contribution < -0.4 is 5.32 Å². The first kappa shape index (κ1) is 13.3. The lowest BCUT2D eigenvalue weighted by Gasteiger charge is -2.39. The standard InChI is InChI=1S/C15H27NOS/c1-4-10-18-14(5-1)12-16-13-6-9-17-15(11-13)7-2-3-8-15/h13-14,16H,1-12H2. The molecule has 3 aliphatic rings. The molecule has 0 radical (unpaired) electrons. The second kappa shape index (κ2) is 6.15. The van der Waals surface area contributed by atoms with E-state index in [-0.39, 0.29) is 5.60 Å². The molecule has 0 amide bonds. The van der Waals surface area contributed by atoms with Crippen molar-refractivity contribution in [3.05, 3.63) is 0 Å². The maximum Gasteiger partial charge on any atom is 0.0697 e. The van der Waals surface area contributed by atoms with Crippen molar-refractivity contribution in [3.63, 3.8) is 0 Å². The molecule has 2 atom stereocenters. The van der Waals surface area contributed by atoms with Crippen LogP contribution in [0.25, 0.3) is 0 Å². The average Bonchev–Trinajstić information content (AvgIpc) is 2.86. The maximum absolute atomic E-state index is 6.10. The molecule has 2 saturated heterocycles. The first-order valence-electron chi connectivity index (χ1n) is 7.85. The minimum atomic E-state index is 0.273. The van der Waals surface area contributed by atoms with E-state index in [0.717, 1.165) is 17.9 Å². The Bertz CT molecular complexity index is 259. The van der Waals surface area contributed by atoms with E-state index < -0.39 is 0 Å². The normalized spacial score (nSPS) is 36.0. The van der Waals surface area contributed by atoms with E-state index in [1.54, 1.807) is 0 Å². The Balaban J connectivity index is 1.44. The van der Waals surface area contributed by atoms with Crippen molar-refractivity contribution in [2.75, 3.05) is 18.9 Å². The molecule has 104 valence electrons. The quantitative estimate of drug-likeness (QED) is 0.849. The molecule has 18 heavy (non-hydrogen) atoms. The summed E-state index contributed by atoms with van der Waals surface area (Å²) < 4.78 is 6.10. The second-order valence-corrected chi connectivity index (χ2v) is 7.73. The highest BCUT2D eigenvalue weighted by molar-refractivity contribution is 7.99. The molecule has 1 spiro atoms. The fourth-order valence-corrected chi connectivity index (χ4v) is 5.09. The van der Waals surface area contributed by atoms with E-state index >= 15 is 0 Å². The van der Waals surface area contributed by atoms with Crippen molar-refractivity contribution in [2.24, 2.45) is 0 Å². The van der Waals surface area contributed by atoms with Crippen molar-refractivity contribution < 1.29 is 4.74 Å². The number of nitrogens with one attached hydrogen (secondary N) is 1. The molecule has 3 heteroatoms. The first-order valence-corrected chi connectivity index (χ1v) is 8.90. The molecule has 3 fully saturated rings. The van der Waals surface area contributed by atoms with E-state index in [4.69, 9.17) is 4.74 Å². The van der Waals surface area contributed by atoms with E-state index in [1.165, 1.54) is 70.1 Å². The first-order chi connectivity index (χ1) is 8.86. The van der Waals surface area contributed by atoms with Gasteiger partial charge in [0.05, 0.1) is 5.60 Å². The van der Waals surface area contributed by atoms with E-state index in [2.05, 4.69) is 17.1 Å². The summed E-state index contributed by atoms with van der Waals surface area (Å²) in [6, 6.07) is 0.722. The third-order valence-electron chi connectivity index (χ3n) is 4.92. The van der Waals surface area contributed by atoms with E-state index in [1.807, 2.05) is 0 Å². The predicted octanol–water partition coefficient (Wildman–Crippen LogP) is 3.35. The molecule has 2 aliphatic heterocycles. The minimum Gasteiger partial charge on any atom is -0.375 e. The molecule has 0 aromatic carbocycles. The van der Waals surface area contributed by atoms with E-state index in [0.29, 0.717) is 0 Å². The Kier molecular flexibility index (Phi) is 4.53. The third-order valence-corrected chi connectivity index (χ3v) is 6.31. The summed E-state index contributed by atoms with van der Waals surface area (Å²) in [7, 11) is 0. The van der Waals surface area contributed by atoms with Crippen molar-refractivity contribution in [1.82, 2.24) is 5.32 Å². The predicted molar refractivity (Wildman–Crippen MR) is 78.3 cm³/mol. The largest absolute Gasteiger partial charge is 0.375 e. The Morgan fingerprint density at radius 2 is 2.00 bits per heavy atom. The zero-order chi connectivity index (χ0) is 12.3. The van der Waals surface area contributed by atoms with Crippen LogP contribution in [0.3, 0.4) is 0 Å². The molecule has 1 N–H and O–H groups in total. The SMILES string of the molecule is C1CCC(CNC2CCOC3(CCCC3)C2)SC1. The summed E-state index contributed by atoms with van der Waals surface area (Å²) >= 11 is 2.18. The molecule has 0 aromatic heterocycles. The minimum absolute atomic E-state index is 0.273. The van der Waals surface area contributed by atoms with Gasteiger partial charge in [0.2, 0.25) is 0 Å². The Morgan fingerprint density at radius 1 is 1.11 bits per heavy atom. The van der Waals surface area contributed by atoms with Crippen LogP contribution in [0.1, 0.15) is 57.8 Å². The Labute approximate surface area is 116 Å². The van der Waals surface area contributed by atoms with Crippen LogP contribution in [0.4, 0.5) is 0 Å². The highest BCUT2D eigenvalue weighted by Gasteiger charge is 2.39. The zero-order valence-corrected chi connectivity index (χ0v) is 12.3. The van der Waals surface area contributed by atoms with Crippen LogP contribution >= 0.6 is 11.8 Å². The van der Waals surface area contributed by atoms with Crippen LogP contribution in [0.2, 0.25) is 0 Å². The van der Waals surface area contributed by atoms with Crippen molar-refractivity contribution >= 4 is 11.8 Å². The summed E-state index contributed by atoms with van der Waals surface area (Å²) in [6.07, 6.45) is 12.2. The average molecular weight is 269 g/mol. The molecule has 1 saturated carbocycles. The molecule has 2 unspecified atom stereocenters. The van der Waals surface area contributed by atoms with Crippen molar-refractivity contribution in [3.8, 4) is 0 Å². The fraction of sp³-hybridized carbons (Fsp3) is 1.00. The Morgan fingerprint density at radius 3 is 2.78 bits per heavy atom. The number of ether oxygens (including phenoxy) is 1. The summed E-state index contributed by atoms with van der Waals surface area (Å²) in [5, 5.41) is 4.72. The maximum atomic E-state index is 6.10. The smallest absolute Gasteiger partial charge is 0.0697 e. The van der Waals surface area contributed by atoms with Gasteiger partial charge in [-0.15, -0.1) is 0 Å². The zero-order valence-electron chi connectivity index (χ0n) is 11.5. The number of hydrogen-bond donors (Lipinski definition) is 1. The molecule has 1 aliphatic carbocycles. The second-order valence-electron chi connectivity index (χ2n) is 6.33. The molecular formula is C15H27NOS. The number of hydrogen-bond acceptors (Lipinski definition) is 3. The van der Waals surface area contributed by atoms with Gasteiger partial charge in [0, 0.05) is 24.4 Å². The molecular weight excluding hydrogens is 242 g/mol. The molecule has 2 nitrogen and oxygen atoms in total. The fourth-order valence-electron chi connectivity index (χ4n) is 3.84. The molecule has 2 heterocycles. The van der Waals surface area contributed by atoms with Gasteiger partial charge in [-0.05, 0) is 44.3 Å². The van der Waals surface area contributed by atoms with Gasteiger partial charge in [0.25, 0.3) is 0 Å². The van der Waals surface area contributed by atoms with Crippen molar-refractivity contribution in [2.45, 2.75) is 74.7 Å². The highest BCUT2D eigenvalue weighted by Crippen LogP contribution is 2.40. The third kappa shape index (κ3) is 3.23. The van der Waals surface area contributed by atoms with Gasteiger partial charge >= 0.3 is 0 Å². The number of rotatable bonds is 3. The van der Waals surface area contributed by atoms with Gasteiger partial charge in [0.1, 0.15) is 0 Å². The molecule has 3 rings (SSSR count). The summed E-state index contributed by atoms with van der Waals surface area (Å²) in [5.41, 5.74) is 0.273. The van der Waals surface area contributed by atoms with Gasteiger partial charge in [-0.2, -0.15) is 11.8 Å². The summed E-state index contributed by atoms with van der Waals surface area (Å²) in [6.45, 7) is 2.21. The highest BCUT2D eigenvalue weighted by atomic mass is 32.2. The summed E-state index contributed by atoms with van der Waals surface area (Å²) in [4.78, 5) is 0. The van der Waals surface area contributed by atoms with Crippen LogP contribution in [0.15, 0.2) is 0 Å².